The first-order valence-corrected chi connectivity index (χ1v) is 7.65. The molecule has 2 rings (SSSR count). The van der Waals surface area contributed by atoms with Crippen molar-refractivity contribution < 1.29 is 4.74 Å². The lowest BCUT2D eigenvalue weighted by atomic mass is 10.1. The maximum absolute atomic E-state index is 6.06. The largest absolute Gasteiger partial charge is 0.490 e. The monoisotopic (exact) mass is 268 g/mol. The highest BCUT2D eigenvalue weighted by Gasteiger charge is 2.07. The number of hydrogen-bond donors (Lipinski definition) is 0. The number of ether oxygens (including phenoxy) is 1. The number of rotatable bonds is 7. The second kappa shape index (κ2) is 7.74. The minimum absolute atomic E-state index is 0.345. The molecule has 0 heterocycles. The van der Waals surface area contributed by atoms with Crippen LogP contribution in [0.25, 0.3) is 11.1 Å². The molecule has 2 aromatic rings. The predicted molar refractivity (Wildman–Crippen MR) is 86.1 cm³/mol. The van der Waals surface area contributed by atoms with Gasteiger partial charge in [0, 0.05) is 0 Å². The zero-order chi connectivity index (χ0) is 14.2. The van der Waals surface area contributed by atoms with Gasteiger partial charge >= 0.3 is 0 Å². The van der Waals surface area contributed by atoms with Gasteiger partial charge in [0.1, 0.15) is 5.75 Å². The summed E-state index contributed by atoms with van der Waals surface area (Å²) >= 11 is 0. The fraction of sp³-hybridized carbons (Fsp3) is 0.368. The third-order valence-corrected chi connectivity index (χ3v) is 3.60. The molecule has 0 radical (unpaired) electrons. The Morgan fingerprint density at radius 3 is 2.10 bits per heavy atom. The molecule has 1 heteroatoms. The van der Waals surface area contributed by atoms with Gasteiger partial charge in [0.15, 0.2) is 0 Å². The van der Waals surface area contributed by atoms with Crippen molar-refractivity contribution in [3.8, 4) is 16.9 Å². The average molecular weight is 268 g/mol. The van der Waals surface area contributed by atoms with E-state index in [4.69, 9.17) is 4.74 Å². The molecule has 0 amide bonds. The van der Waals surface area contributed by atoms with Gasteiger partial charge in [0.05, 0.1) is 6.10 Å². The lowest BCUT2D eigenvalue weighted by Gasteiger charge is -2.17. The van der Waals surface area contributed by atoms with Crippen molar-refractivity contribution in [2.45, 2.75) is 45.6 Å². The molecule has 0 N–H and O–H groups in total. The standard InChI is InChI=1S/C19H24O/c1-3-5-11-18(4-2)20-19-14-12-17(13-15-19)16-9-7-6-8-10-16/h6-10,12-15,18H,3-5,11H2,1-2H3. The van der Waals surface area contributed by atoms with Gasteiger partial charge in [-0.05, 0) is 36.1 Å². The van der Waals surface area contributed by atoms with Crippen molar-refractivity contribution in [2.24, 2.45) is 0 Å². The van der Waals surface area contributed by atoms with Gasteiger partial charge in [0.2, 0.25) is 0 Å². The van der Waals surface area contributed by atoms with E-state index >= 15 is 0 Å². The van der Waals surface area contributed by atoms with E-state index in [-0.39, 0.29) is 0 Å². The van der Waals surface area contributed by atoms with Gasteiger partial charge < -0.3 is 4.74 Å². The Morgan fingerprint density at radius 2 is 1.50 bits per heavy atom. The van der Waals surface area contributed by atoms with Crippen LogP contribution >= 0.6 is 0 Å². The molecule has 1 atom stereocenters. The zero-order valence-corrected chi connectivity index (χ0v) is 12.5. The minimum Gasteiger partial charge on any atom is -0.490 e. The zero-order valence-electron chi connectivity index (χ0n) is 12.5. The van der Waals surface area contributed by atoms with Gasteiger partial charge in [-0.15, -0.1) is 0 Å². The fourth-order valence-corrected chi connectivity index (χ4v) is 2.33. The lowest BCUT2D eigenvalue weighted by molar-refractivity contribution is 0.183. The van der Waals surface area contributed by atoms with E-state index in [2.05, 4.69) is 62.4 Å². The summed E-state index contributed by atoms with van der Waals surface area (Å²) < 4.78 is 6.06. The first kappa shape index (κ1) is 14.6. The maximum atomic E-state index is 6.06. The van der Waals surface area contributed by atoms with Gasteiger partial charge in [-0.1, -0.05) is 69.2 Å². The number of hydrogen-bond acceptors (Lipinski definition) is 1. The third-order valence-electron chi connectivity index (χ3n) is 3.60. The topological polar surface area (TPSA) is 9.23 Å². The highest BCUT2D eigenvalue weighted by molar-refractivity contribution is 5.63. The summed E-state index contributed by atoms with van der Waals surface area (Å²) in [6.07, 6.45) is 5.03. The molecule has 106 valence electrons. The molecule has 0 saturated heterocycles. The van der Waals surface area contributed by atoms with Crippen molar-refractivity contribution in [1.82, 2.24) is 0 Å². The molecule has 0 aliphatic carbocycles. The van der Waals surface area contributed by atoms with Crippen LogP contribution in [0.1, 0.15) is 39.5 Å². The van der Waals surface area contributed by atoms with Crippen molar-refractivity contribution in [3.05, 3.63) is 54.6 Å². The van der Waals surface area contributed by atoms with Gasteiger partial charge in [-0.2, -0.15) is 0 Å². The highest BCUT2D eigenvalue weighted by Crippen LogP contribution is 2.23. The van der Waals surface area contributed by atoms with Crippen LogP contribution in [0, 0.1) is 0 Å². The summed E-state index contributed by atoms with van der Waals surface area (Å²) in [5, 5.41) is 0. The molecule has 0 aliphatic rings. The predicted octanol–water partition coefficient (Wildman–Crippen LogP) is 5.70. The summed E-state index contributed by atoms with van der Waals surface area (Å²) in [5.74, 6) is 0.979. The maximum Gasteiger partial charge on any atom is 0.119 e. The Balaban J connectivity index is 2.01. The van der Waals surface area contributed by atoms with Crippen LogP contribution in [0.4, 0.5) is 0 Å². The van der Waals surface area contributed by atoms with Crippen molar-refractivity contribution >= 4 is 0 Å². The smallest absolute Gasteiger partial charge is 0.119 e. The molecule has 0 saturated carbocycles. The third kappa shape index (κ3) is 4.12. The van der Waals surface area contributed by atoms with E-state index in [1.165, 1.54) is 24.0 Å². The molecule has 0 bridgehead atoms. The van der Waals surface area contributed by atoms with E-state index in [1.807, 2.05) is 6.07 Å². The molecule has 0 aromatic heterocycles. The summed E-state index contributed by atoms with van der Waals surface area (Å²) in [7, 11) is 0. The van der Waals surface area contributed by atoms with E-state index in [0.717, 1.165) is 18.6 Å². The Morgan fingerprint density at radius 1 is 0.850 bits per heavy atom. The Labute approximate surface area is 122 Å². The van der Waals surface area contributed by atoms with Crippen molar-refractivity contribution in [2.75, 3.05) is 0 Å². The summed E-state index contributed by atoms with van der Waals surface area (Å²) in [6, 6.07) is 18.9. The molecular formula is C19H24O. The van der Waals surface area contributed by atoms with Gasteiger partial charge in [-0.3, -0.25) is 0 Å². The van der Waals surface area contributed by atoms with E-state index in [9.17, 15) is 0 Å². The highest BCUT2D eigenvalue weighted by atomic mass is 16.5. The normalized spacial score (nSPS) is 12.1. The van der Waals surface area contributed by atoms with Crippen LogP contribution in [0.3, 0.4) is 0 Å². The number of benzene rings is 2. The SMILES string of the molecule is CCCCC(CC)Oc1ccc(-c2ccccc2)cc1. The van der Waals surface area contributed by atoms with E-state index < -0.39 is 0 Å². The van der Waals surface area contributed by atoms with Crippen LogP contribution < -0.4 is 4.74 Å². The van der Waals surface area contributed by atoms with Crippen LogP contribution in [0.15, 0.2) is 54.6 Å². The van der Waals surface area contributed by atoms with E-state index in [0.29, 0.717) is 6.10 Å². The first-order chi connectivity index (χ1) is 9.83. The van der Waals surface area contributed by atoms with E-state index in [1.54, 1.807) is 0 Å². The second-order valence-electron chi connectivity index (χ2n) is 5.18. The Bertz CT molecular complexity index is 487. The molecular weight excluding hydrogens is 244 g/mol. The summed E-state index contributed by atoms with van der Waals surface area (Å²) in [4.78, 5) is 0. The summed E-state index contributed by atoms with van der Waals surface area (Å²) in [6.45, 7) is 4.42. The van der Waals surface area contributed by atoms with Gasteiger partial charge in [-0.25, -0.2) is 0 Å². The van der Waals surface area contributed by atoms with Crippen LogP contribution in [0.5, 0.6) is 5.75 Å². The minimum atomic E-state index is 0.345. The Kier molecular flexibility index (Phi) is 5.67. The molecule has 1 nitrogen and oxygen atoms in total. The quantitative estimate of drug-likeness (QED) is 0.625. The van der Waals surface area contributed by atoms with Crippen LogP contribution in [-0.2, 0) is 0 Å². The molecule has 20 heavy (non-hydrogen) atoms. The Hall–Kier alpha value is -1.76. The van der Waals surface area contributed by atoms with Crippen molar-refractivity contribution in [3.63, 3.8) is 0 Å². The lowest BCUT2D eigenvalue weighted by Crippen LogP contribution is -2.14. The van der Waals surface area contributed by atoms with Crippen molar-refractivity contribution in [1.29, 1.82) is 0 Å². The van der Waals surface area contributed by atoms with Crippen LogP contribution in [-0.4, -0.2) is 6.10 Å². The molecule has 2 aromatic carbocycles. The molecule has 0 fully saturated rings. The number of unbranched alkanes of at least 4 members (excludes halogenated alkanes) is 1. The summed E-state index contributed by atoms with van der Waals surface area (Å²) in [5.41, 5.74) is 2.48. The van der Waals surface area contributed by atoms with Crippen LogP contribution in [0.2, 0.25) is 0 Å². The molecule has 1 unspecified atom stereocenters. The fourth-order valence-electron chi connectivity index (χ4n) is 2.33. The molecule has 0 aliphatic heterocycles. The second-order valence-corrected chi connectivity index (χ2v) is 5.18. The average Bonchev–Trinajstić information content (AvgIpc) is 2.53. The first-order valence-electron chi connectivity index (χ1n) is 7.65. The molecule has 0 spiro atoms. The van der Waals surface area contributed by atoms with Gasteiger partial charge in [0.25, 0.3) is 0 Å².